The molecule has 110 valence electrons. The number of benzene rings is 1. The van der Waals surface area contributed by atoms with Gasteiger partial charge >= 0.3 is 5.63 Å². The lowest BCUT2D eigenvalue weighted by Gasteiger charge is -2.13. The van der Waals surface area contributed by atoms with Crippen LogP contribution in [-0.2, 0) is 9.59 Å². The number of rotatable bonds is 3. The lowest BCUT2D eigenvalue weighted by Crippen LogP contribution is -2.40. The molecule has 1 heterocycles. The van der Waals surface area contributed by atoms with E-state index in [0.29, 0.717) is 11.3 Å². The Bertz CT molecular complexity index is 764. The second-order valence-electron chi connectivity index (χ2n) is 4.87. The third-order valence-electron chi connectivity index (χ3n) is 3.03. The summed E-state index contributed by atoms with van der Waals surface area (Å²) in [6, 6.07) is 5.84. The molecule has 0 aliphatic heterocycles. The van der Waals surface area contributed by atoms with Gasteiger partial charge in [-0.2, -0.15) is 0 Å². The molecule has 1 atom stereocenters. The molecule has 1 aromatic heterocycles. The van der Waals surface area contributed by atoms with Crippen molar-refractivity contribution in [2.45, 2.75) is 26.8 Å². The summed E-state index contributed by atoms with van der Waals surface area (Å²) in [7, 11) is 0. The first-order valence-corrected chi connectivity index (χ1v) is 6.49. The highest BCUT2D eigenvalue weighted by Crippen LogP contribution is 2.20. The molecule has 2 N–H and O–H groups in total. The van der Waals surface area contributed by atoms with Crippen molar-refractivity contribution in [3.8, 4) is 0 Å². The van der Waals surface area contributed by atoms with Gasteiger partial charge in [-0.3, -0.25) is 9.59 Å². The average molecular weight is 288 g/mol. The van der Waals surface area contributed by atoms with E-state index < -0.39 is 11.7 Å². The molecule has 0 spiro atoms. The fourth-order valence-electron chi connectivity index (χ4n) is 2.02. The van der Waals surface area contributed by atoms with Crippen LogP contribution in [0.4, 0.5) is 5.69 Å². The standard InChI is InChI=1S/C15H16N2O4/c1-8-6-14(19)21-13-7-11(4-5-12(8)13)17-15(20)9(2)16-10(3)18/h4-7,9H,1-3H3,(H,16,18)(H,17,20)/t9-/m0/s1. The molecule has 0 bridgehead atoms. The Kier molecular flexibility index (Phi) is 4.07. The van der Waals surface area contributed by atoms with Crippen molar-refractivity contribution in [1.82, 2.24) is 5.32 Å². The maximum absolute atomic E-state index is 11.9. The Balaban J connectivity index is 2.25. The normalized spacial score (nSPS) is 12.0. The second kappa shape index (κ2) is 5.78. The first kappa shape index (κ1) is 14.8. The van der Waals surface area contributed by atoms with Crippen LogP contribution in [0.25, 0.3) is 11.0 Å². The number of carbonyl (C=O) groups excluding carboxylic acids is 2. The van der Waals surface area contributed by atoms with Crippen molar-refractivity contribution >= 4 is 28.5 Å². The molecule has 0 saturated heterocycles. The van der Waals surface area contributed by atoms with Crippen molar-refractivity contribution in [1.29, 1.82) is 0 Å². The Hall–Kier alpha value is -2.63. The van der Waals surface area contributed by atoms with E-state index in [2.05, 4.69) is 10.6 Å². The summed E-state index contributed by atoms with van der Waals surface area (Å²) in [6.45, 7) is 4.75. The van der Waals surface area contributed by atoms with E-state index in [0.717, 1.165) is 10.9 Å². The van der Waals surface area contributed by atoms with Crippen LogP contribution in [0.3, 0.4) is 0 Å². The van der Waals surface area contributed by atoms with Gasteiger partial charge in [-0.15, -0.1) is 0 Å². The average Bonchev–Trinajstić information content (AvgIpc) is 2.37. The van der Waals surface area contributed by atoms with Crippen LogP contribution in [0.1, 0.15) is 19.4 Å². The van der Waals surface area contributed by atoms with Crippen molar-refractivity contribution < 1.29 is 14.0 Å². The third-order valence-corrected chi connectivity index (χ3v) is 3.03. The van der Waals surface area contributed by atoms with Gasteiger partial charge in [0.1, 0.15) is 11.6 Å². The monoisotopic (exact) mass is 288 g/mol. The van der Waals surface area contributed by atoms with Gasteiger partial charge < -0.3 is 15.1 Å². The minimum Gasteiger partial charge on any atom is -0.423 e. The Labute approximate surface area is 121 Å². The van der Waals surface area contributed by atoms with Gasteiger partial charge in [0.05, 0.1) is 0 Å². The molecule has 21 heavy (non-hydrogen) atoms. The molecule has 6 nitrogen and oxygen atoms in total. The fourth-order valence-corrected chi connectivity index (χ4v) is 2.02. The van der Waals surface area contributed by atoms with Gasteiger partial charge in [-0.05, 0) is 31.5 Å². The SMILES string of the molecule is CC(=O)N[C@@H](C)C(=O)Nc1ccc2c(C)cc(=O)oc2c1. The molecular weight excluding hydrogens is 272 g/mol. The van der Waals surface area contributed by atoms with Gasteiger partial charge in [0.2, 0.25) is 11.8 Å². The highest BCUT2D eigenvalue weighted by Gasteiger charge is 2.14. The lowest BCUT2D eigenvalue weighted by molar-refractivity contribution is -0.124. The van der Waals surface area contributed by atoms with Crippen LogP contribution < -0.4 is 16.3 Å². The number of carbonyl (C=O) groups is 2. The zero-order chi connectivity index (χ0) is 15.6. The van der Waals surface area contributed by atoms with E-state index >= 15 is 0 Å². The molecule has 0 fully saturated rings. The van der Waals surface area contributed by atoms with E-state index in [9.17, 15) is 14.4 Å². The minimum atomic E-state index is -0.650. The second-order valence-corrected chi connectivity index (χ2v) is 4.87. The van der Waals surface area contributed by atoms with Crippen LogP contribution >= 0.6 is 0 Å². The van der Waals surface area contributed by atoms with E-state index in [-0.39, 0.29) is 11.8 Å². The topological polar surface area (TPSA) is 88.4 Å². The number of nitrogens with one attached hydrogen (secondary N) is 2. The number of hydrogen-bond acceptors (Lipinski definition) is 4. The van der Waals surface area contributed by atoms with E-state index in [4.69, 9.17) is 4.42 Å². The summed E-state index contributed by atoms with van der Waals surface area (Å²) in [4.78, 5) is 34.2. The zero-order valence-corrected chi connectivity index (χ0v) is 12.0. The van der Waals surface area contributed by atoms with Gasteiger partial charge in [0, 0.05) is 30.1 Å². The van der Waals surface area contributed by atoms with Crippen molar-refractivity contribution in [2.75, 3.05) is 5.32 Å². The van der Waals surface area contributed by atoms with Gasteiger partial charge in [0.15, 0.2) is 0 Å². The molecule has 0 aliphatic carbocycles. The molecule has 2 amide bonds. The number of amides is 2. The largest absolute Gasteiger partial charge is 0.423 e. The first-order chi connectivity index (χ1) is 9.86. The Morgan fingerprint density at radius 3 is 2.62 bits per heavy atom. The molecule has 0 unspecified atom stereocenters. The molecule has 0 saturated carbocycles. The molecule has 0 aliphatic rings. The van der Waals surface area contributed by atoms with Gasteiger partial charge in [-0.1, -0.05) is 0 Å². The summed E-state index contributed by atoms with van der Waals surface area (Å²) < 4.78 is 5.11. The highest BCUT2D eigenvalue weighted by molar-refractivity contribution is 5.98. The van der Waals surface area contributed by atoms with E-state index in [1.54, 1.807) is 25.1 Å². The van der Waals surface area contributed by atoms with Gasteiger partial charge in [-0.25, -0.2) is 4.79 Å². The number of aryl methyl sites for hydroxylation is 1. The van der Waals surface area contributed by atoms with Crippen LogP contribution in [-0.4, -0.2) is 17.9 Å². The number of fused-ring (bicyclic) bond motifs is 1. The summed E-state index contributed by atoms with van der Waals surface area (Å²) in [5.41, 5.74) is 1.28. The predicted octanol–water partition coefficient (Wildman–Crippen LogP) is 1.56. The maximum Gasteiger partial charge on any atom is 0.336 e. The van der Waals surface area contributed by atoms with Crippen molar-refractivity contribution in [3.63, 3.8) is 0 Å². The Morgan fingerprint density at radius 1 is 1.24 bits per heavy atom. The van der Waals surface area contributed by atoms with Crippen LogP contribution in [0.15, 0.2) is 33.5 Å². The summed E-state index contributed by atoms with van der Waals surface area (Å²) in [6.07, 6.45) is 0. The van der Waals surface area contributed by atoms with Gasteiger partial charge in [0.25, 0.3) is 0 Å². The molecule has 1 aromatic carbocycles. The quantitative estimate of drug-likeness (QED) is 0.839. The maximum atomic E-state index is 11.9. The van der Waals surface area contributed by atoms with E-state index in [1.165, 1.54) is 13.0 Å². The Morgan fingerprint density at radius 2 is 1.95 bits per heavy atom. The van der Waals surface area contributed by atoms with Crippen LogP contribution in [0.5, 0.6) is 0 Å². The molecule has 2 rings (SSSR count). The summed E-state index contributed by atoms with van der Waals surface area (Å²) in [5.74, 6) is -0.627. The zero-order valence-electron chi connectivity index (χ0n) is 12.0. The lowest BCUT2D eigenvalue weighted by atomic mass is 10.1. The van der Waals surface area contributed by atoms with Crippen molar-refractivity contribution in [3.05, 3.63) is 40.2 Å². The molecule has 2 aromatic rings. The minimum absolute atomic E-state index is 0.280. The van der Waals surface area contributed by atoms with Crippen LogP contribution in [0.2, 0.25) is 0 Å². The first-order valence-electron chi connectivity index (χ1n) is 6.49. The summed E-state index contributed by atoms with van der Waals surface area (Å²) in [5, 5.41) is 5.96. The highest BCUT2D eigenvalue weighted by atomic mass is 16.4. The number of hydrogen-bond donors (Lipinski definition) is 2. The smallest absolute Gasteiger partial charge is 0.336 e. The number of anilines is 1. The van der Waals surface area contributed by atoms with E-state index in [1.807, 2.05) is 6.92 Å². The molecule has 6 heteroatoms. The third kappa shape index (κ3) is 3.47. The predicted molar refractivity (Wildman–Crippen MR) is 79.1 cm³/mol. The van der Waals surface area contributed by atoms with Crippen molar-refractivity contribution in [2.24, 2.45) is 0 Å². The van der Waals surface area contributed by atoms with Crippen LogP contribution in [0, 0.1) is 6.92 Å². The summed E-state index contributed by atoms with van der Waals surface area (Å²) >= 11 is 0. The molecular formula is C15H16N2O4. The molecule has 0 radical (unpaired) electrons. The fraction of sp³-hybridized carbons (Fsp3) is 0.267.